The number of nitrogens with one attached hydrogen (secondary N) is 2. The number of amides is 1. The number of ether oxygens (including phenoxy) is 2. The summed E-state index contributed by atoms with van der Waals surface area (Å²) in [7, 11) is 2.98. The van der Waals surface area contributed by atoms with Crippen LogP contribution in [-0.4, -0.2) is 29.7 Å². The summed E-state index contributed by atoms with van der Waals surface area (Å²) in [5.41, 5.74) is -0.774. The first-order chi connectivity index (χ1) is 13.0. The summed E-state index contributed by atoms with van der Waals surface area (Å²) in [6.45, 7) is 0. The van der Waals surface area contributed by atoms with E-state index in [0.29, 0.717) is 22.9 Å². The van der Waals surface area contributed by atoms with Crippen LogP contribution in [0.1, 0.15) is 10.4 Å². The van der Waals surface area contributed by atoms with Crippen LogP contribution in [0.3, 0.4) is 0 Å². The second-order valence-corrected chi connectivity index (χ2v) is 5.51. The van der Waals surface area contributed by atoms with Crippen LogP contribution in [0.25, 0.3) is 5.69 Å². The van der Waals surface area contributed by atoms with E-state index in [-0.39, 0.29) is 5.56 Å². The molecule has 1 heterocycles. The number of hydrogen-bond acceptors (Lipinski definition) is 5. The number of carbonyl (C=O) groups excluding carboxylic acids is 1. The SMILES string of the molecule is COc1ccc(NC(=O)c2c[nH]c(=O)n(-c3ccccc3)c2=O)cc1OC. The second-order valence-electron chi connectivity index (χ2n) is 5.51. The Labute approximate surface area is 154 Å². The highest BCUT2D eigenvalue weighted by atomic mass is 16.5. The molecule has 0 aliphatic rings. The smallest absolute Gasteiger partial charge is 0.333 e. The lowest BCUT2D eigenvalue weighted by atomic mass is 10.2. The van der Waals surface area contributed by atoms with Gasteiger partial charge in [0.1, 0.15) is 5.56 Å². The summed E-state index contributed by atoms with van der Waals surface area (Å²) in [4.78, 5) is 39.7. The number of para-hydroxylation sites is 1. The van der Waals surface area contributed by atoms with Gasteiger partial charge in [0.25, 0.3) is 11.5 Å². The van der Waals surface area contributed by atoms with Crippen molar-refractivity contribution in [3.8, 4) is 17.2 Å². The molecule has 0 saturated carbocycles. The summed E-state index contributed by atoms with van der Waals surface area (Å²) in [6, 6.07) is 13.2. The summed E-state index contributed by atoms with van der Waals surface area (Å²) in [5.74, 6) is 0.276. The van der Waals surface area contributed by atoms with Crippen molar-refractivity contribution in [3.05, 3.63) is 81.1 Å². The maximum absolute atomic E-state index is 12.7. The molecular weight excluding hydrogens is 350 g/mol. The fourth-order valence-electron chi connectivity index (χ4n) is 2.56. The van der Waals surface area contributed by atoms with Crippen molar-refractivity contribution in [2.75, 3.05) is 19.5 Å². The van der Waals surface area contributed by atoms with Crippen molar-refractivity contribution in [1.82, 2.24) is 9.55 Å². The van der Waals surface area contributed by atoms with Crippen LogP contribution in [0.2, 0.25) is 0 Å². The fraction of sp³-hybridized carbons (Fsp3) is 0.105. The molecule has 0 bridgehead atoms. The molecule has 2 aromatic carbocycles. The summed E-state index contributed by atoms with van der Waals surface area (Å²) >= 11 is 0. The molecule has 1 aromatic heterocycles. The summed E-state index contributed by atoms with van der Waals surface area (Å²) in [5, 5.41) is 2.61. The van der Waals surface area contributed by atoms with E-state index in [1.807, 2.05) is 0 Å². The molecule has 0 aliphatic carbocycles. The lowest BCUT2D eigenvalue weighted by molar-refractivity contribution is 0.102. The third-order valence-electron chi connectivity index (χ3n) is 3.88. The Morgan fingerprint density at radius 1 is 1.00 bits per heavy atom. The molecule has 3 aromatic rings. The Bertz CT molecular complexity index is 1090. The summed E-state index contributed by atoms with van der Waals surface area (Å²) in [6.07, 6.45) is 1.10. The van der Waals surface area contributed by atoms with Crippen molar-refractivity contribution in [2.24, 2.45) is 0 Å². The van der Waals surface area contributed by atoms with Gasteiger partial charge in [0, 0.05) is 18.0 Å². The zero-order chi connectivity index (χ0) is 19.4. The van der Waals surface area contributed by atoms with Gasteiger partial charge in [-0.25, -0.2) is 9.36 Å². The highest BCUT2D eigenvalue weighted by Gasteiger charge is 2.16. The molecule has 0 radical (unpaired) electrons. The number of rotatable bonds is 5. The van der Waals surface area contributed by atoms with Crippen molar-refractivity contribution in [3.63, 3.8) is 0 Å². The Morgan fingerprint density at radius 3 is 2.37 bits per heavy atom. The number of methoxy groups -OCH3 is 2. The molecule has 1 amide bonds. The number of anilines is 1. The fourth-order valence-corrected chi connectivity index (χ4v) is 2.56. The van der Waals surface area contributed by atoms with E-state index >= 15 is 0 Å². The van der Waals surface area contributed by atoms with Crippen molar-refractivity contribution >= 4 is 11.6 Å². The van der Waals surface area contributed by atoms with E-state index in [4.69, 9.17) is 9.47 Å². The first-order valence-electron chi connectivity index (χ1n) is 7.98. The molecule has 8 heteroatoms. The Hall–Kier alpha value is -3.81. The minimum Gasteiger partial charge on any atom is -0.493 e. The molecule has 0 spiro atoms. The topological polar surface area (TPSA) is 102 Å². The van der Waals surface area contributed by atoms with Gasteiger partial charge in [-0.15, -0.1) is 0 Å². The third kappa shape index (κ3) is 3.59. The van der Waals surface area contributed by atoms with Crippen LogP contribution in [-0.2, 0) is 0 Å². The monoisotopic (exact) mass is 367 g/mol. The molecule has 8 nitrogen and oxygen atoms in total. The first kappa shape index (κ1) is 18.0. The van der Waals surface area contributed by atoms with Gasteiger partial charge in [-0.2, -0.15) is 0 Å². The number of aromatic amines is 1. The minimum absolute atomic E-state index is 0.201. The standard InChI is InChI=1S/C19H17N3O5/c1-26-15-9-8-12(10-16(15)27-2)21-17(23)14-11-20-19(25)22(18(14)24)13-6-4-3-5-7-13/h3-11H,1-2H3,(H,20,25)(H,21,23). The molecule has 0 fully saturated rings. The second kappa shape index (κ2) is 7.61. The van der Waals surface area contributed by atoms with Gasteiger partial charge in [-0.05, 0) is 24.3 Å². The number of hydrogen-bond donors (Lipinski definition) is 2. The largest absolute Gasteiger partial charge is 0.493 e. The van der Waals surface area contributed by atoms with Gasteiger partial charge in [-0.3, -0.25) is 9.59 Å². The van der Waals surface area contributed by atoms with Gasteiger partial charge in [0.15, 0.2) is 11.5 Å². The van der Waals surface area contributed by atoms with E-state index in [1.54, 1.807) is 48.5 Å². The lowest BCUT2D eigenvalue weighted by Gasteiger charge is -2.11. The molecule has 27 heavy (non-hydrogen) atoms. The predicted octanol–water partition coefficient (Wildman–Crippen LogP) is 1.80. The highest BCUT2D eigenvalue weighted by Crippen LogP contribution is 2.29. The highest BCUT2D eigenvalue weighted by molar-refractivity contribution is 6.04. The number of carbonyl (C=O) groups is 1. The van der Waals surface area contributed by atoms with Crippen LogP contribution in [0.5, 0.6) is 11.5 Å². The Balaban J connectivity index is 1.97. The zero-order valence-electron chi connectivity index (χ0n) is 14.7. The van der Waals surface area contributed by atoms with Crippen molar-refractivity contribution in [1.29, 1.82) is 0 Å². The maximum Gasteiger partial charge on any atom is 0.333 e. The van der Waals surface area contributed by atoms with E-state index in [2.05, 4.69) is 10.3 Å². The lowest BCUT2D eigenvalue weighted by Crippen LogP contribution is -2.38. The average molecular weight is 367 g/mol. The van der Waals surface area contributed by atoms with Gasteiger partial charge in [0.2, 0.25) is 0 Å². The normalized spacial score (nSPS) is 10.3. The van der Waals surface area contributed by atoms with Crippen LogP contribution in [0.4, 0.5) is 5.69 Å². The van der Waals surface area contributed by atoms with Crippen LogP contribution in [0, 0.1) is 0 Å². The third-order valence-corrected chi connectivity index (χ3v) is 3.88. The molecule has 0 unspecified atom stereocenters. The average Bonchev–Trinajstić information content (AvgIpc) is 2.68. The number of benzene rings is 2. The van der Waals surface area contributed by atoms with Crippen molar-refractivity contribution in [2.45, 2.75) is 0 Å². The van der Waals surface area contributed by atoms with Gasteiger partial charge in [-0.1, -0.05) is 18.2 Å². The molecule has 0 aliphatic heterocycles. The van der Waals surface area contributed by atoms with Crippen LogP contribution >= 0.6 is 0 Å². The minimum atomic E-state index is -0.720. The quantitative estimate of drug-likeness (QED) is 0.716. The molecule has 3 rings (SSSR count). The van der Waals surface area contributed by atoms with Crippen LogP contribution < -0.4 is 26.0 Å². The van der Waals surface area contributed by atoms with Gasteiger partial charge >= 0.3 is 5.69 Å². The molecule has 2 N–H and O–H groups in total. The molecular formula is C19H17N3O5. The Kier molecular flexibility index (Phi) is 5.07. The predicted molar refractivity (Wildman–Crippen MR) is 100 cm³/mol. The van der Waals surface area contributed by atoms with E-state index in [9.17, 15) is 14.4 Å². The Morgan fingerprint density at radius 2 is 1.70 bits per heavy atom. The number of nitrogens with zero attached hydrogens (tertiary/aromatic N) is 1. The zero-order valence-corrected chi connectivity index (χ0v) is 14.7. The molecule has 0 atom stereocenters. The molecule has 0 saturated heterocycles. The van der Waals surface area contributed by atoms with E-state index < -0.39 is 17.2 Å². The van der Waals surface area contributed by atoms with Crippen molar-refractivity contribution < 1.29 is 14.3 Å². The van der Waals surface area contributed by atoms with Gasteiger partial charge in [0.05, 0.1) is 19.9 Å². The number of aromatic nitrogens is 2. The first-order valence-corrected chi connectivity index (χ1v) is 7.98. The maximum atomic E-state index is 12.7. The van der Waals surface area contributed by atoms with E-state index in [1.165, 1.54) is 14.2 Å². The van der Waals surface area contributed by atoms with Gasteiger partial charge < -0.3 is 19.8 Å². The molecule has 138 valence electrons. The number of H-pyrrole nitrogens is 1. The summed E-state index contributed by atoms with van der Waals surface area (Å²) < 4.78 is 11.2. The van der Waals surface area contributed by atoms with Crippen LogP contribution in [0.15, 0.2) is 64.3 Å². The van der Waals surface area contributed by atoms with E-state index in [0.717, 1.165) is 10.8 Å².